The fourth-order valence-electron chi connectivity index (χ4n) is 1.77. The molecule has 0 radical (unpaired) electrons. The van der Waals surface area contributed by atoms with Gasteiger partial charge < -0.3 is 5.32 Å². The Kier molecular flexibility index (Phi) is 5.20. The van der Waals surface area contributed by atoms with Crippen molar-refractivity contribution < 1.29 is 0 Å². The zero-order chi connectivity index (χ0) is 11.3. The molecule has 84 valence electrons. The molecule has 0 bridgehead atoms. The first-order valence-electron chi connectivity index (χ1n) is 5.41. The molecule has 0 spiro atoms. The Bertz CT molecular complexity index is 289. The molecule has 1 unspecified atom stereocenters. The number of aryl methyl sites for hydroxylation is 2. The van der Waals surface area contributed by atoms with Gasteiger partial charge in [0.05, 0.1) is 0 Å². The van der Waals surface area contributed by atoms with Crippen molar-refractivity contribution in [2.24, 2.45) is 0 Å². The van der Waals surface area contributed by atoms with E-state index in [0.29, 0.717) is 6.04 Å². The molecule has 0 aromatic heterocycles. The van der Waals surface area contributed by atoms with Crippen LogP contribution >= 0.6 is 11.8 Å². The summed E-state index contributed by atoms with van der Waals surface area (Å²) in [4.78, 5) is 0. The standard InChI is InChI=1S/C13H21NS/c1-10-5-11(2)7-13(6-10)8-14-12(3)9-15-4/h5-7,12,14H,8-9H2,1-4H3. The van der Waals surface area contributed by atoms with E-state index in [0.717, 1.165) is 6.54 Å². The van der Waals surface area contributed by atoms with Gasteiger partial charge in [-0.25, -0.2) is 0 Å². The highest BCUT2D eigenvalue weighted by Crippen LogP contribution is 2.09. The van der Waals surface area contributed by atoms with Crippen molar-refractivity contribution in [2.45, 2.75) is 33.4 Å². The number of thioether (sulfide) groups is 1. The van der Waals surface area contributed by atoms with Gasteiger partial charge in [-0.05, 0) is 32.6 Å². The monoisotopic (exact) mass is 223 g/mol. The Hall–Kier alpha value is -0.470. The van der Waals surface area contributed by atoms with Gasteiger partial charge in [-0.2, -0.15) is 11.8 Å². The molecule has 15 heavy (non-hydrogen) atoms. The molecule has 0 aliphatic carbocycles. The molecule has 1 atom stereocenters. The lowest BCUT2D eigenvalue weighted by Gasteiger charge is -2.13. The fraction of sp³-hybridized carbons (Fsp3) is 0.538. The highest BCUT2D eigenvalue weighted by atomic mass is 32.2. The van der Waals surface area contributed by atoms with E-state index in [-0.39, 0.29) is 0 Å². The highest BCUT2D eigenvalue weighted by molar-refractivity contribution is 7.98. The Morgan fingerprint density at radius 2 is 1.80 bits per heavy atom. The van der Waals surface area contributed by atoms with Crippen LogP contribution in [0.1, 0.15) is 23.6 Å². The Labute approximate surface area is 97.7 Å². The molecular formula is C13H21NS. The summed E-state index contributed by atoms with van der Waals surface area (Å²) in [5.41, 5.74) is 4.09. The van der Waals surface area contributed by atoms with Crippen LogP contribution in [0.5, 0.6) is 0 Å². The second kappa shape index (κ2) is 6.19. The van der Waals surface area contributed by atoms with Crippen LogP contribution in [0.25, 0.3) is 0 Å². The molecule has 1 rings (SSSR count). The van der Waals surface area contributed by atoms with E-state index in [1.807, 2.05) is 11.8 Å². The lowest BCUT2D eigenvalue weighted by atomic mass is 10.1. The fourth-order valence-corrected chi connectivity index (χ4v) is 2.39. The van der Waals surface area contributed by atoms with E-state index in [4.69, 9.17) is 0 Å². The molecule has 0 heterocycles. The molecule has 1 nitrogen and oxygen atoms in total. The van der Waals surface area contributed by atoms with Crippen molar-refractivity contribution >= 4 is 11.8 Å². The Morgan fingerprint density at radius 1 is 1.20 bits per heavy atom. The normalized spacial score (nSPS) is 12.8. The molecule has 0 saturated carbocycles. The maximum absolute atomic E-state index is 3.53. The summed E-state index contributed by atoms with van der Waals surface area (Å²) in [6.07, 6.45) is 2.15. The summed E-state index contributed by atoms with van der Waals surface area (Å²) in [5, 5.41) is 3.53. The SMILES string of the molecule is CSCC(C)NCc1cc(C)cc(C)c1. The topological polar surface area (TPSA) is 12.0 Å². The Morgan fingerprint density at radius 3 is 2.33 bits per heavy atom. The van der Waals surface area contributed by atoms with Crippen LogP contribution in [-0.4, -0.2) is 18.1 Å². The number of hydrogen-bond acceptors (Lipinski definition) is 2. The van der Waals surface area contributed by atoms with Crippen LogP contribution in [0.3, 0.4) is 0 Å². The van der Waals surface area contributed by atoms with Crippen LogP contribution in [0.4, 0.5) is 0 Å². The van der Waals surface area contributed by atoms with E-state index in [1.165, 1.54) is 22.4 Å². The zero-order valence-corrected chi connectivity index (χ0v) is 10.9. The smallest absolute Gasteiger partial charge is 0.0208 e. The summed E-state index contributed by atoms with van der Waals surface area (Å²) in [6, 6.07) is 7.31. The quantitative estimate of drug-likeness (QED) is 0.823. The van der Waals surface area contributed by atoms with Crippen LogP contribution in [0, 0.1) is 13.8 Å². The average Bonchev–Trinajstić information content (AvgIpc) is 2.14. The first-order chi connectivity index (χ1) is 7.11. The van der Waals surface area contributed by atoms with E-state index < -0.39 is 0 Å². The van der Waals surface area contributed by atoms with Crippen LogP contribution in [-0.2, 0) is 6.54 Å². The molecule has 2 heteroatoms. The van der Waals surface area contributed by atoms with Crippen molar-refractivity contribution in [2.75, 3.05) is 12.0 Å². The Balaban J connectivity index is 2.50. The first kappa shape index (κ1) is 12.6. The molecule has 0 fully saturated rings. The predicted molar refractivity (Wildman–Crippen MR) is 70.6 cm³/mol. The maximum Gasteiger partial charge on any atom is 0.0208 e. The molecule has 0 saturated heterocycles. The van der Waals surface area contributed by atoms with E-state index in [2.05, 4.69) is 50.5 Å². The lowest BCUT2D eigenvalue weighted by Crippen LogP contribution is -2.27. The molecular weight excluding hydrogens is 202 g/mol. The number of rotatable bonds is 5. The van der Waals surface area contributed by atoms with Gasteiger partial charge in [0.15, 0.2) is 0 Å². The molecule has 1 aromatic rings. The van der Waals surface area contributed by atoms with Crippen molar-refractivity contribution in [3.05, 3.63) is 34.9 Å². The average molecular weight is 223 g/mol. The van der Waals surface area contributed by atoms with Crippen LogP contribution < -0.4 is 5.32 Å². The second-order valence-electron chi connectivity index (χ2n) is 4.23. The number of hydrogen-bond donors (Lipinski definition) is 1. The molecule has 0 aliphatic rings. The minimum absolute atomic E-state index is 0.584. The zero-order valence-electron chi connectivity index (χ0n) is 10.1. The van der Waals surface area contributed by atoms with Crippen LogP contribution in [0.2, 0.25) is 0 Å². The summed E-state index contributed by atoms with van der Waals surface area (Å²) in [6.45, 7) is 7.52. The maximum atomic E-state index is 3.53. The van der Waals surface area contributed by atoms with Crippen LogP contribution in [0.15, 0.2) is 18.2 Å². The first-order valence-corrected chi connectivity index (χ1v) is 6.80. The molecule has 0 aliphatic heterocycles. The van der Waals surface area contributed by atoms with Gasteiger partial charge in [-0.3, -0.25) is 0 Å². The van der Waals surface area contributed by atoms with Crippen molar-refractivity contribution in [3.8, 4) is 0 Å². The van der Waals surface area contributed by atoms with E-state index >= 15 is 0 Å². The van der Waals surface area contributed by atoms with Gasteiger partial charge in [0, 0.05) is 18.3 Å². The summed E-state index contributed by atoms with van der Waals surface area (Å²) < 4.78 is 0. The van der Waals surface area contributed by atoms with Crippen molar-refractivity contribution in [3.63, 3.8) is 0 Å². The van der Waals surface area contributed by atoms with Gasteiger partial charge in [0.1, 0.15) is 0 Å². The van der Waals surface area contributed by atoms with Gasteiger partial charge in [0.25, 0.3) is 0 Å². The summed E-state index contributed by atoms with van der Waals surface area (Å²) in [5.74, 6) is 1.17. The van der Waals surface area contributed by atoms with Gasteiger partial charge >= 0.3 is 0 Å². The third-order valence-corrected chi connectivity index (χ3v) is 3.19. The van der Waals surface area contributed by atoms with Gasteiger partial charge in [-0.1, -0.05) is 29.3 Å². The minimum Gasteiger partial charge on any atom is -0.309 e. The minimum atomic E-state index is 0.584. The molecule has 0 amide bonds. The van der Waals surface area contributed by atoms with E-state index in [9.17, 15) is 0 Å². The third kappa shape index (κ3) is 4.72. The third-order valence-electron chi connectivity index (χ3n) is 2.35. The van der Waals surface area contributed by atoms with Crippen molar-refractivity contribution in [1.82, 2.24) is 5.32 Å². The lowest BCUT2D eigenvalue weighted by molar-refractivity contribution is 0.596. The predicted octanol–water partition coefficient (Wildman–Crippen LogP) is 3.14. The highest BCUT2D eigenvalue weighted by Gasteiger charge is 2.01. The number of nitrogens with one attached hydrogen (secondary N) is 1. The summed E-state index contributed by atoms with van der Waals surface area (Å²) in [7, 11) is 0. The number of benzene rings is 1. The van der Waals surface area contributed by atoms with Gasteiger partial charge in [-0.15, -0.1) is 0 Å². The van der Waals surface area contributed by atoms with Gasteiger partial charge in [0.2, 0.25) is 0 Å². The largest absolute Gasteiger partial charge is 0.309 e. The molecule has 1 N–H and O–H groups in total. The van der Waals surface area contributed by atoms with Crippen molar-refractivity contribution in [1.29, 1.82) is 0 Å². The molecule has 1 aromatic carbocycles. The second-order valence-corrected chi connectivity index (χ2v) is 5.14. The summed E-state index contributed by atoms with van der Waals surface area (Å²) >= 11 is 1.89. The van der Waals surface area contributed by atoms with E-state index in [1.54, 1.807) is 0 Å².